The Morgan fingerprint density at radius 3 is 1.60 bits per heavy atom. The van der Waals surface area contributed by atoms with E-state index in [0.717, 1.165) is 71.1 Å². The highest BCUT2D eigenvalue weighted by Gasteiger charge is 2.44. The Morgan fingerprint density at radius 2 is 1.12 bits per heavy atom. The molecule has 0 spiro atoms. The topological polar surface area (TPSA) is 173 Å². The van der Waals surface area contributed by atoms with Crippen molar-refractivity contribution in [3.05, 3.63) is 67.1 Å². The van der Waals surface area contributed by atoms with Crippen LogP contribution in [0.15, 0.2) is 45.7 Å². The summed E-state index contributed by atoms with van der Waals surface area (Å²) in [5.41, 5.74) is 2.43. The van der Waals surface area contributed by atoms with Crippen LogP contribution in [0.2, 0.25) is 0 Å². The van der Waals surface area contributed by atoms with Crippen LogP contribution in [0.4, 0.5) is 0 Å². The molecule has 10 atom stereocenters. The largest absolute Gasteiger partial charge is 0.457 e. The molecule has 2 aromatic heterocycles. The summed E-state index contributed by atoms with van der Waals surface area (Å²) >= 11 is 3.14. The number of ketones is 2. The molecule has 2 unspecified atom stereocenters. The van der Waals surface area contributed by atoms with E-state index in [0.29, 0.717) is 25.2 Å². The van der Waals surface area contributed by atoms with Gasteiger partial charge in [-0.05, 0) is 122 Å². The van der Waals surface area contributed by atoms with Crippen LogP contribution < -0.4 is 0 Å². The zero-order valence-electron chi connectivity index (χ0n) is 42.9. The molecule has 4 rings (SSSR count). The lowest BCUT2D eigenvalue weighted by Crippen LogP contribution is -2.45. The van der Waals surface area contributed by atoms with E-state index < -0.39 is 65.1 Å². The molecule has 2 aromatic rings. The van der Waals surface area contributed by atoms with Gasteiger partial charge in [-0.15, -0.1) is 22.7 Å². The van der Waals surface area contributed by atoms with Gasteiger partial charge in [0.05, 0.1) is 62.4 Å². The van der Waals surface area contributed by atoms with Crippen molar-refractivity contribution in [2.24, 2.45) is 40.4 Å². The molecule has 0 aromatic carbocycles. The van der Waals surface area contributed by atoms with Gasteiger partial charge in [0.15, 0.2) is 0 Å². The van der Waals surface area contributed by atoms with Gasteiger partial charge >= 0.3 is 11.9 Å². The van der Waals surface area contributed by atoms with Crippen molar-refractivity contribution in [1.82, 2.24) is 9.97 Å². The summed E-state index contributed by atoms with van der Waals surface area (Å²) in [5.74, 6) is -2.39. The number of Topliss-reactive ketones (excluding diaryl/α,β-unsaturated/α-hetero) is 2. The number of aliphatic hydroxyl groups is 3. The van der Waals surface area contributed by atoms with Crippen LogP contribution in [0, 0.1) is 54.3 Å². The molecule has 0 aliphatic carbocycles. The number of aryl methyl sites for hydroxylation is 2. The van der Waals surface area contributed by atoms with E-state index in [1.54, 1.807) is 64.2 Å². The summed E-state index contributed by atoms with van der Waals surface area (Å²) in [5, 5.41) is 38.4. The van der Waals surface area contributed by atoms with E-state index in [1.807, 2.05) is 57.5 Å². The van der Waals surface area contributed by atoms with E-state index in [1.165, 1.54) is 5.57 Å². The number of rotatable bonds is 4. The molecule has 11 nitrogen and oxygen atoms in total. The van der Waals surface area contributed by atoms with Gasteiger partial charge in [0, 0.05) is 36.4 Å². The fraction of sp³-hybridized carbons (Fsp3) is 0.667. The van der Waals surface area contributed by atoms with Gasteiger partial charge in [0.1, 0.15) is 23.8 Å². The van der Waals surface area contributed by atoms with E-state index in [-0.39, 0.29) is 29.8 Å². The van der Waals surface area contributed by atoms with Crippen LogP contribution in [0.5, 0.6) is 0 Å². The molecule has 0 bridgehead atoms. The predicted molar refractivity (Wildman–Crippen MR) is 271 cm³/mol. The standard InChI is InChI=1S/C27H41NO5S.C27H41NO4S/c1-16-9-8-10-17(2)22(29)14-24(30)27(6,7)25(31)19(4)26(32)33-23(12-11-16)18(3)13-21-15-34-20(5)28-21;1-17-12-10-8-9-11-13-23(19(3)14-22-16-33-21(5)28-22)32-26(31)20(4)25(30)27(6,7)24(29)15-18(17)2/h11,13,15,17,19,22-23,25,29,31H,8-10,12,14H2,1-7H3;9,11,14,16-18,20,23,25,30H,8,10,12-13,15H2,1-7H3/b16-11-,18-13+;11-9-,19-14+/t17-,19?,22+,23-,25-;17-,18+,20?,23-,25-/m00/s1. The molecule has 3 N–H and O–H groups in total. The summed E-state index contributed by atoms with van der Waals surface area (Å²) in [4.78, 5) is 61.1. The maximum absolute atomic E-state index is 13.1. The Kier molecular flexibility index (Phi) is 22.7. The fourth-order valence-electron chi connectivity index (χ4n) is 8.43. The quantitative estimate of drug-likeness (QED) is 0.197. The first-order valence-corrected chi connectivity index (χ1v) is 26.0. The van der Waals surface area contributed by atoms with Crippen molar-refractivity contribution >= 4 is 58.3 Å². The first-order valence-electron chi connectivity index (χ1n) is 24.3. The van der Waals surface area contributed by atoms with Gasteiger partial charge in [-0.2, -0.15) is 0 Å². The zero-order chi connectivity index (χ0) is 50.4. The highest BCUT2D eigenvalue weighted by Crippen LogP contribution is 2.35. The van der Waals surface area contributed by atoms with Crippen molar-refractivity contribution in [3.63, 3.8) is 0 Å². The lowest BCUT2D eigenvalue weighted by molar-refractivity contribution is -0.162. The van der Waals surface area contributed by atoms with E-state index in [4.69, 9.17) is 9.47 Å². The summed E-state index contributed by atoms with van der Waals surface area (Å²) in [6, 6.07) is 0. The number of allylic oxidation sites excluding steroid dienone is 2. The maximum Gasteiger partial charge on any atom is 0.311 e. The van der Waals surface area contributed by atoms with Crippen molar-refractivity contribution < 1.29 is 44.0 Å². The van der Waals surface area contributed by atoms with Gasteiger partial charge in [0.2, 0.25) is 0 Å². The highest BCUT2D eigenvalue weighted by molar-refractivity contribution is 7.09. The number of nitrogens with zero attached hydrogens (tertiary/aromatic N) is 2. The second-order valence-corrected chi connectivity index (χ2v) is 22.8. The molecule has 0 saturated carbocycles. The summed E-state index contributed by atoms with van der Waals surface area (Å²) in [6.07, 6.45) is 13.2. The Hall–Kier alpha value is -3.62. The van der Waals surface area contributed by atoms with Crippen molar-refractivity contribution in [3.8, 4) is 0 Å². The van der Waals surface area contributed by atoms with Crippen molar-refractivity contribution in [1.29, 1.82) is 0 Å². The minimum atomic E-state index is -1.23. The lowest BCUT2D eigenvalue weighted by Gasteiger charge is -2.34. The van der Waals surface area contributed by atoms with Crippen molar-refractivity contribution in [2.45, 2.75) is 192 Å². The third kappa shape index (κ3) is 17.4. The number of aromatic nitrogens is 2. The van der Waals surface area contributed by atoms with Crippen LogP contribution in [0.1, 0.15) is 169 Å². The molecule has 4 heterocycles. The number of cyclic esters (lactones) is 2. The number of carbonyl (C=O) groups excluding carboxylic acids is 4. The van der Waals surface area contributed by atoms with Gasteiger partial charge < -0.3 is 24.8 Å². The molecule has 0 amide bonds. The molecular formula is C54H82N2O9S2. The van der Waals surface area contributed by atoms with Crippen LogP contribution >= 0.6 is 22.7 Å². The van der Waals surface area contributed by atoms with Crippen LogP contribution in [-0.2, 0) is 28.7 Å². The predicted octanol–water partition coefficient (Wildman–Crippen LogP) is 11.4. The van der Waals surface area contributed by atoms with Crippen LogP contribution in [0.3, 0.4) is 0 Å². The van der Waals surface area contributed by atoms with Gasteiger partial charge in [-0.3, -0.25) is 19.2 Å². The molecule has 67 heavy (non-hydrogen) atoms. The summed E-state index contributed by atoms with van der Waals surface area (Å²) in [7, 11) is 0. The normalized spacial score (nSPS) is 31.9. The molecule has 2 aliphatic rings. The van der Waals surface area contributed by atoms with E-state index in [9.17, 15) is 34.5 Å². The number of esters is 2. The maximum atomic E-state index is 13.1. The van der Waals surface area contributed by atoms with Gasteiger partial charge in [-0.1, -0.05) is 78.7 Å². The van der Waals surface area contributed by atoms with Gasteiger partial charge in [0.25, 0.3) is 0 Å². The summed E-state index contributed by atoms with van der Waals surface area (Å²) in [6.45, 7) is 26.0. The second kappa shape index (κ2) is 26.4. The number of hydrogen-bond acceptors (Lipinski definition) is 13. The molecule has 2 aliphatic heterocycles. The SMILES string of the molecule is C/C(=C\c1csc(C)n1)[C@@H]1C/C=C\CCC[C@H](C)[C@H](C)CC(=O)C(C)(C)[C@@H](O)C(C)C(=O)O1.C/C1=C/C[C@@H](/C(C)=C/c2csc(C)n2)OC(=O)C(C)[C@H](O)C(C)(C)C(=O)C[C@@H](O)[C@@H](C)CCC1. The molecule has 13 heteroatoms. The third-order valence-corrected chi connectivity index (χ3v) is 15.7. The highest BCUT2D eigenvalue weighted by atomic mass is 32.1. The average molecular weight is 967 g/mol. The first-order chi connectivity index (χ1) is 31.3. The number of hydrogen-bond donors (Lipinski definition) is 3. The number of ether oxygens (including phenoxy) is 2. The number of thiazole rings is 2. The Morgan fingerprint density at radius 1 is 0.657 bits per heavy atom. The molecule has 374 valence electrons. The monoisotopic (exact) mass is 967 g/mol. The molecule has 0 radical (unpaired) electrons. The number of carbonyl (C=O) groups is 4. The van der Waals surface area contributed by atoms with E-state index >= 15 is 0 Å². The Labute approximate surface area is 409 Å². The second-order valence-electron chi connectivity index (χ2n) is 20.7. The molecular weight excluding hydrogens is 885 g/mol. The number of aliphatic hydroxyl groups excluding tert-OH is 3. The first kappa shape index (κ1) is 57.7. The molecule has 0 saturated heterocycles. The van der Waals surface area contributed by atoms with Gasteiger partial charge in [-0.25, -0.2) is 9.97 Å². The zero-order valence-corrected chi connectivity index (χ0v) is 44.5. The molecule has 0 fully saturated rings. The Bertz CT molecular complexity index is 2080. The van der Waals surface area contributed by atoms with E-state index in [2.05, 4.69) is 49.0 Å². The Balaban J connectivity index is 0.000000355. The van der Waals surface area contributed by atoms with Crippen molar-refractivity contribution in [2.75, 3.05) is 0 Å². The average Bonchev–Trinajstić information content (AvgIpc) is 3.88. The smallest absolute Gasteiger partial charge is 0.311 e. The van der Waals surface area contributed by atoms with Crippen LogP contribution in [-0.4, -0.2) is 79.3 Å². The lowest BCUT2D eigenvalue weighted by atomic mass is 9.73. The van der Waals surface area contributed by atoms with Crippen LogP contribution in [0.25, 0.3) is 12.2 Å². The minimum absolute atomic E-state index is 0.00693. The summed E-state index contributed by atoms with van der Waals surface area (Å²) < 4.78 is 11.8. The fourth-order valence-corrected chi connectivity index (χ4v) is 9.57. The minimum Gasteiger partial charge on any atom is -0.457 e. The third-order valence-electron chi connectivity index (χ3n) is 14.2.